The van der Waals surface area contributed by atoms with Crippen LogP contribution in [0.25, 0.3) is 11.1 Å². The summed E-state index contributed by atoms with van der Waals surface area (Å²) in [7, 11) is 1.68. The highest BCUT2D eigenvalue weighted by Crippen LogP contribution is 2.40. The molecule has 1 atom stereocenters. The second kappa shape index (κ2) is 13.9. The zero-order valence-corrected chi connectivity index (χ0v) is 24.1. The first-order chi connectivity index (χ1) is 18.7. The van der Waals surface area contributed by atoms with Crippen LogP contribution in [0.1, 0.15) is 76.5 Å². The van der Waals surface area contributed by atoms with Gasteiger partial charge >= 0.3 is 5.97 Å². The molecule has 0 aliphatic carbocycles. The Bertz CT molecular complexity index is 1250. The van der Waals surface area contributed by atoms with Crippen LogP contribution in [0.3, 0.4) is 0 Å². The molecule has 1 N–H and O–H groups in total. The fourth-order valence-corrected chi connectivity index (χ4v) is 4.55. The largest absolute Gasteiger partial charge is 0.497 e. The van der Waals surface area contributed by atoms with Crippen molar-refractivity contribution < 1.29 is 24.1 Å². The van der Waals surface area contributed by atoms with Crippen LogP contribution in [0.2, 0.25) is 0 Å². The molecule has 3 aromatic rings. The van der Waals surface area contributed by atoms with Gasteiger partial charge in [0.2, 0.25) is 0 Å². The summed E-state index contributed by atoms with van der Waals surface area (Å²) in [6.45, 7) is 11.8. The molecular formula is C34H42O5. The predicted octanol–water partition coefficient (Wildman–Crippen LogP) is 8.55. The van der Waals surface area contributed by atoms with E-state index >= 15 is 0 Å². The molecule has 0 spiro atoms. The van der Waals surface area contributed by atoms with Crippen LogP contribution < -0.4 is 14.2 Å². The molecule has 0 aliphatic heterocycles. The predicted molar refractivity (Wildman–Crippen MR) is 158 cm³/mol. The molecule has 0 saturated heterocycles. The number of hydrogen-bond donors (Lipinski definition) is 1. The van der Waals surface area contributed by atoms with Gasteiger partial charge in [-0.15, -0.1) is 0 Å². The first-order valence-electron chi connectivity index (χ1n) is 13.7. The van der Waals surface area contributed by atoms with Gasteiger partial charge in [0, 0.05) is 11.5 Å². The summed E-state index contributed by atoms with van der Waals surface area (Å²) < 4.78 is 17.9. The second-order valence-corrected chi connectivity index (χ2v) is 10.8. The van der Waals surface area contributed by atoms with Gasteiger partial charge in [0.25, 0.3) is 0 Å². The molecule has 3 aromatic carbocycles. The number of hydrogen-bond acceptors (Lipinski definition) is 4. The molecule has 0 heterocycles. The number of rotatable bonds is 13. The molecule has 0 aromatic heterocycles. The molecule has 5 heteroatoms. The third-order valence-electron chi connectivity index (χ3n) is 6.66. The quantitative estimate of drug-likeness (QED) is 0.177. The Balaban J connectivity index is 1.90. The van der Waals surface area contributed by atoms with Gasteiger partial charge < -0.3 is 19.3 Å². The minimum Gasteiger partial charge on any atom is -0.497 e. The summed E-state index contributed by atoms with van der Waals surface area (Å²) >= 11 is 0. The van der Waals surface area contributed by atoms with Gasteiger partial charge in [0.05, 0.1) is 20.1 Å². The van der Waals surface area contributed by atoms with E-state index in [2.05, 4.69) is 45.9 Å². The van der Waals surface area contributed by atoms with E-state index in [1.54, 1.807) is 7.11 Å². The van der Waals surface area contributed by atoms with Gasteiger partial charge in [-0.1, -0.05) is 70.5 Å². The number of benzene rings is 3. The Labute approximate surface area is 233 Å². The van der Waals surface area contributed by atoms with Crippen molar-refractivity contribution in [3.05, 3.63) is 89.5 Å². The lowest BCUT2D eigenvalue weighted by molar-refractivity contribution is -0.137. The van der Waals surface area contributed by atoms with E-state index in [9.17, 15) is 9.90 Å². The molecular weight excluding hydrogens is 488 g/mol. The zero-order chi connectivity index (χ0) is 28.4. The first kappa shape index (κ1) is 29.8. The van der Waals surface area contributed by atoms with Crippen LogP contribution in [0.5, 0.6) is 17.2 Å². The Kier molecular flexibility index (Phi) is 10.6. The second-order valence-electron chi connectivity index (χ2n) is 10.8. The van der Waals surface area contributed by atoms with Crippen molar-refractivity contribution in [1.29, 1.82) is 0 Å². The van der Waals surface area contributed by atoms with E-state index in [1.807, 2.05) is 61.5 Å². The monoisotopic (exact) mass is 530 g/mol. The average molecular weight is 531 g/mol. The Morgan fingerprint density at radius 3 is 2.28 bits per heavy atom. The number of methoxy groups -OCH3 is 1. The zero-order valence-electron chi connectivity index (χ0n) is 24.1. The molecule has 3 rings (SSSR count). The highest BCUT2D eigenvalue weighted by atomic mass is 16.5. The third-order valence-corrected chi connectivity index (χ3v) is 6.66. The van der Waals surface area contributed by atoms with Gasteiger partial charge in [0.1, 0.15) is 23.9 Å². The highest BCUT2D eigenvalue weighted by molar-refractivity contribution is 5.76. The average Bonchev–Trinajstić information content (AvgIpc) is 2.91. The fourth-order valence-electron chi connectivity index (χ4n) is 4.55. The molecule has 0 unspecified atom stereocenters. The van der Waals surface area contributed by atoms with Crippen LogP contribution in [0.15, 0.2) is 72.8 Å². The summed E-state index contributed by atoms with van der Waals surface area (Å²) in [4.78, 5) is 11.2. The molecule has 0 saturated carbocycles. The van der Waals surface area contributed by atoms with Crippen molar-refractivity contribution in [2.45, 2.75) is 71.8 Å². The molecule has 0 radical (unpaired) electrons. The van der Waals surface area contributed by atoms with Crippen molar-refractivity contribution in [3.63, 3.8) is 0 Å². The number of carbonyl (C=O) groups is 1. The SMILES string of the molecule is C/C=C/[C@H](CC(=O)O)c1ccc(OCc2ccc(C(C)(C)C)c(-c3cc(OC)ccc3OCCCC)c2)cc1. The maximum atomic E-state index is 11.2. The highest BCUT2D eigenvalue weighted by Gasteiger charge is 2.22. The Morgan fingerprint density at radius 2 is 1.67 bits per heavy atom. The number of ether oxygens (including phenoxy) is 3. The molecule has 0 amide bonds. The standard InChI is InChI=1S/C34H42O5/c1-7-9-19-38-32-18-16-28(37-6)22-30(32)29-20-24(11-17-31(29)34(3,4)5)23-39-27-14-12-25(13-15-27)26(10-8-2)21-33(35)36/h8,10-18,20,22,26H,7,9,19,21,23H2,1-6H3,(H,35,36)/b10-8+/t26-/m1/s1. The van der Waals surface area contributed by atoms with Gasteiger partial charge in [-0.2, -0.15) is 0 Å². The van der Waals surface area contributed by atoms with Crippen LogP contribution in [-0.2, 0) is 16.8 Å². The van der Waals surface area contributed by atoms with Gasteiger partial charge in [-0.3, -0.25) is 4.79 Å². The maximum Gasteiger partial charge on any atom is 0.304 e. The topological polar surface area (TPSA) is 65.0 Å². The lowest BCUT2D eigenvalue weighted by Gasteiger charge is -2.25. The van der Waals surface area contributed by atoms with Gasteiger partial charge in [-0.05, 0) is 77.4 Å². The minimum absolute atomic E-state index is 0.0574. The lowest BCUT2D eigenvalue weighted by atomic mass is 9.81. The summed E-state index contributed by atoms with van der Waals surface area (Å²) in [5, 5.41) is 9.24. The van der Waals surface area contributed by atoms with E-state index in [0.29, 0.717) is 13.2 Å². The smallest absolute Gasteiger partial charge is 0.304 e. The molecule has 0 fully saturated rings. The summed E-state index contributed by atoms with van der Waals surface area (Å²) in [6.07, 6.45) is 5.93. The van der Waals surface area contributed by atoms with Gasteiger partial charge in [-0.25, -0.2) is 0 Å². The summed E-state index contributed by atoms with van der Waals surface area (Å²) in [5.41, 5.74) is 5.25. The van der Waals surface area contributed by atoms with Crippen molar-refractivity contribution in [2.75, 3.05) is 13.7 Å². The summed E-state index contributed by atoms with van der Waals surface area (Å²) in [5.74, 6) is 1.39. The van der Waals surface area contributed by atoms with E-state index < -0.39 is 5.97 Å². The van der Waals surface area contributed by atoms with Crippen molar-refractivity contribution in [1.82, 2.24) is 0 Å². The normalized spacial score (nSPS) is 12.4. The number of carboxylic acid groups (broad SMARTS) is 1. The van der Waals surface area contributed by atoms with Crippen molar-refractivity contribution in [3.8, 4) is 28.4 Å². The van der Waals surface area contributed by atoms with Crippen LogP contribution >= 0.6 is 0 Å². The first-order valence-corrected chi connectivity index (χ1v) is 13.7. The van der Waals surface area contributed by atoms with E-state index in [1.165, 1.54) is 5.56 Å². The number of carboxylic acids is 1. The maximum absolute atomic E-state index is 11.2. The molecule has 39 heavy (non-hydrogen) atoms. The number of aliphatic carboxylic acids is 1. The van der Waals surface area contributed by atoms with Crippen molar-refractivity contribution in [2.24, 2.45) is 0 Å². The van der Waals surface area contributed by atoms with Crippen LogP contribution in [-0.4, -0.2) is 24.8 Å². The molecule has 0 bridgehead atoms. The van der Waals surface area contributed by atoms with Gasteiger partial charge in [0.15, 0.2) is 0 Å². The van der Waals surface area contributed by atoms with E-state index in [4.69, 9.17) is 14.2 Å². The van der Waals surface area contributed by atoms with Crippen LogP contribution in [0, 0.1) is 0 Å². The number of unbranched alkanes of at least 4 members (excludes halogenated alkanes) is 1. The van der Waals surface area contributed by atoms with Crippen LogP contribution in [0.4, 0.5) is 0 Å². The van der Waals surface area contributed by atoms with E-state index in [-0.39, 0.29) is 17.8 Å². The fraction of sp³-hybridized carbons (Fsp3) is 0.382. The molecule has 208 valence electrons. The minimum atomic E-state index is -0.817. The lowest BCUT2D eigenvalue weighted by Crippen LogP contribution is -2.13. The Morgan fingerprint density at radius 1 is 0.949 bits per heavy atom. The van der Waals surface area contributed by atoms with E-state index in [0.717, 1.165) is 52.3 Å². The third kappa shape index (κ3) is 8.38. The molecule has 0 aliphatic rings. The van der Waals surface area contributed by atoms with Crippen molar-refractivity contribution >= 4 is 5.97 Å². The number of allylic oxidation sites excluding steroid dienone is 2. The summed E-state index contributed by atoms with van der Waals surface area (Å²) in [6, 6.07) is 20.1. The Hall–Kier alpha value is -3.73. The molecule has 5 nitrogen and oxygen atoms in total.